The number of fused-ring (bicyclic) bond motifs is 1. The Balaban J connectivity index is 1.30. The zero-order valence-corrected chi connectivity index (χ0v) is 23.1. The SMILES string of the molecule is COc1cccc([C@@H](CO)NC(=O)CN2C(=O)c3cc(-c4nc(NC5CCOCC5)ncc4Cl)ccc3C2C)c1. The Labute approximate surface area is 237 Å². The first-order valence-corrected chi connectivity index (χ1v) is 13.6. The van der Waals surface area contributed by atoms with E-state index in [2.05, 4.69) is 20.6 Å². The first kappa shape index (κ1) is 27.8. The van der Waals surface area contributed by atoms with Gasteiger partial charge in [0.05, 0.1) is 42.7 Å². The topological polar surface area (TPSA) is 126 Å². The zero-order chi connectivity index (χ0) is 28.2. The van der Waals surface area contributed by atoms with Crippen LogP contribution in [0.25, 0.3) is 11.3 Å². The van der Waals surface area contributed by atoms with Gasteiger partial charge < -0.3 is 30.1 Å². The summed E-state index contributed by atoms with van der Waals surface area (Å²) in [7, 11) is 1.55. The van der Waals surface area contributed by atoms with Crippen molar-refractivity contribution < 1.29 is 24.2 Å². The van der Waals surface area contributed by atoms with Crippen molar-refractivity contribution in [2.75, 3.05) is 38.8 Å². The molecule has 2 amide bonds. The second kappa shape index (κ2) is 12.2. The van der Waals surface area contributed by atoms with Crippen LogP contribution in [-0.4, -0.2) is 71.3 Å². The van der Waals surface area contributed by atoms with Crippen molar-refractivity contribution in [3.8, 4) is 17.0 Å². The number of halogens is 1. The molecule has 0 spiro atoms. The first-order chi connectivity index (χ1) is 19.4. The molecule has 0 aliphatic carbocycles. The number of aromatic nitrogens is 2. The van der Waals surface area contributed by atoms with E-state index in [9.17, 15) is 14.7 Å². The molecule has 3 N–H and O–H groups in total. The van der Waals surface area contributed by atoms with E-state index in [1.54, 1.807) is 43.6 Å². The van der Waals surface area contributed by atoms with Crippen molar-refractivity contribution in [3.05, 3.63) is 70.4 Å². The minimum atomic E-state index is -0.631. The molecule has 1 fully saturated rings. The number of anilines is 1. The molecule has 3 aromatic rings. The molecule has 1 saturated heterocycles. The Kier molecular flexibility index (Phi) is 8.49. The number of rotatable bonds is 9. The maximum atomic E-state index is 13.4. The number of carbonyl (C=O) groups excluding carboxylic acids is 2. The van der Waals surface area contributed by atoms with Crippen LogP contribution in [0, 0.1) is 0 Å². The van der Waals surface area contributed by atoms with Crippen LogP contribution >= 0.6 is 11.6 Å². The second-order valence-electron chi connectivity index (χ2n) is 9.91. The fourth-order valence-corrected chi connectivity index (χ4v) is 5.31. The number of ether oxygens (including phenoxy) is 2. The highest BCUT2D eigenvalue weighted by molar-refractivity contribution is 6.33. The maximum absolute atomic E-state index is 13.4. The van der Waals surface area contributed by atoms with E-state index in [0.29, 0.717) is 52.3 Å². The molecule has 3 heterocycles. The van der Waals surface area contributed by atoms with Crippen LogP contribution in [-0.2, 0) is 9.53 Å². The number of hydrogen-bond donors (Lipinski definition) is 3. The number of aliphatic hydroxyl groups excluding tert-OH is 1. The number of methoxy groups -OCH3 is 1. The summed E-state index contributed by atoms with van der Waals surface area (Å²) in [5, 5.41) is 16.5. The lowest BCUT2D eigenvalue weighted by atomic mass is 10.0. The van der Waals surface area contributed by atoms with Crippen molar-refractivity contribution in [2.45, 2.75) is 37.9 Å². The summed E-state index contributed by atoms with van der Waals surface area (Å²) in [5.74, 6) is 0.458. The predicted molar refractivity (Wildman–Crippen MR) is 150 cm³/mol. The summed E-state index contributed by atoms with van der Waals surface area (Å²) in [4.78, 5) is 36.9. The van der Waals surface area contributed by atoms with Crippen LogP contribution in [0.15, 0.2) is 48.7 Å². The van der Waals surface area contributed by atoms with Gasteiger partial charge in [-0.1, -0.05) is 35.9 Å². The molecular weight excluding hydrogens is 534 g/mol. The molecule has 10 nitrogen and oxygen atoms in total. The van der Waals surface area contributed by atoms with Gasteiger partial charge in [-0.15, -0.1) is 0 Å². The highest BCUT2D eigenvalue weighted by Crippen LogP contribution is 2.37. The van der Waals surface area contributed by atoms with E-state index < -0.39 is 6.04 Å². The minimum absolute atomic E-state index is 0.155. The molecule has 0 radical (unpaired) electrons. The molecular formula is C29H32ClN5O5. The van der Waals surface area contributed by atoms with Gasteiger partial charge in [-0.25, -0.2) is 9.97 Å². The molecule has 210 valence electrons. The third-order valence-electron chi connectivity index (χ3n) is 7.36. The average molecular weight is 566 g/mol. The number of carbonyl (C=O) groups is 2. The number of amides is 2. The van der Waals surface area contributed by atoms with E-state index in [4.69, 9.17) is 21.1 Å². The summed E-state index contributed by atoms with van der Waals surface area (Å²) in [6, 6.07) is 11.9. The average Bonchev–Trinajstić information content (AvgIpc) is 3.21. The fraction of sp³-hybridized carbons (Fsp3) is 0.379. The van der Waals surface area contributed by atoms with Crippen LogP contribution in [0.4, 0.5) is 5.95 Å². The molecule has 2 aliphatic rings. The highest BCUT2D eigenvalue weighted by Gasteiger charge is 2.35. The number of nitrogens with zero attached hydrogens (tertiary/aromatic N) is 3. The van der Waals surface area contributed by atoms with E-state index in [1.807, 2.05) is 19.1 Å². The Morgan fingerprint density at radius 1 is 1.25 bits per heavy atom. The predicted octanol–water partition coefficient (Wildman–Crippen LogP) is 3.76. The van der Waals surface area contributed by atoms with Gasteiger partial charge in [-0.3, -0.25) is 9.59 Å². The van der Waals surface area contributed by atoms with Crippen molar-refractivity contribution >= 4 is 29.4 Å². The third-order valence-corrected chi connectivity index (χ3v) is 7.64. The van der Waals surface area contributed by atoms with Crippen LogP contribution in [0.2, 0.25) is 5.02 Å². The third kappa shape index (κ3) is 5.89. The van der Waals surface area contributed by atoms with Gasteiger partial charge >= 0.3 is 0 Å². The summed E-state index contributed by atoms with van der Waals surface area (Å²) in [5.41, 5.74) is 3.23. The molecule has 11 heteroatoms. The van der Waals surface area contributed by atoms with E-state index >= 15 is 0 Å². The van der Waals surface area contributed by atoms with Crippen molar-refractivity contribution in [1.82, 2.24) is 20.2 Å². The number of aliphatic hydroxyl groups is 1. The van der Waals surface area contributed by atoms with E-state index in [0.717, 1.165) is 18.4 Å². The number of benzene rings is 2. The summed E-state index contributed by atoms with van der Waals surface area (Å²) < 4.78 is 10.7. The van der Waals surface area contributed by atoms with Crippen molar-refractivity contribution in [1.29, 1.82) is 0 Å². The van der Waals surface area contributed by atoms with Gasteiger partial charge in [0.2, 0.25) is 11.9 Å². The standard InChI is InChI=1S/C29H32ClN5O5/c1-17-22-7-6-19(27-24(30)14-31-29(34-27)32-20-8-10-40-11-9-20)13-23(22)28(38)35(17)15-26(37)33-25(16-36)18-4-3-5-21(12-18)39-2/h3-7,12-14,17,20,25,36H,8-11,15-16H2,1-2H3,(H,33,37)(H,31,32,34)/t17?,25-/m1/s1. The summed E-state index contributed by atoms with van der Waals surface area (Å²) in [6.07, 6.45) is 3.29. The van der Waals surface area contributed by atoms with Crippen LogP contribution < -0.4 is 15.4 Å². The van der Waals surface area contributed by atoms with Gasteiger partial charge in [0.1, 0.15) is 12.3 Å². The molecule has 40 heavy (non-hydrogen) atoms. The van der Waals surface area contributed by atoms with Crippen LogP contribution in [0.1, 0.15) is 53.3 Å². The second-order valence-corrected chi connectivity index (χ2v) is 10.3. The molecule has 2 aliphatic heterocycles. The molecule has 1 unspecified atom stereocenters. The van der Waals surface area contributed by atoms with Gasteiger partial charge in [-0.2, -0.15) is 0 Å². The van der Waals surface area contributed by atoms with E-state index in [-0.39, 0.29) is 37.0 Å². The molecule has 2 aromatic carbocycles. The van der Waals surface area contributed by atoms with Crippen LogP contribution in [0.5, 0.6) is 5.75 Å². The first-order valence-electron chi connectivity index (χ1n) is 13.2. The Morgan fingerprint density at radius 3 is 2.80 bits per heavy atom. The zero-order valence-electron chi connectivity index (χ0n) is 22.4. The number of nitrogens with one attached hydrogen (secondary N) is 2. The molecule has 5 rings (SSSR count). The van der Waals surface area contributed by atoms with Crippen LogP contribution in [0.3, 0.4) is 0 Å². The summed E-state index contributed by atoms with van der Waals surface area (Å²) in [6.45, 7) is 2.82. The summed E-state index contributed by atoms with van der Waals surface area (Å²) >= 11 is 6.47. The highest BCUT2D eigenvalue weighted by atomic mass is 35.5. The largest absolute Gasteiger partial charge is 0.497 e. The molecule has 0 bridgehead atoms. The smallest absolute Gasteiger partial charge is 0.255 e. The fourth-order valence-electron chi connectivity index (χ4n) is 5.11. The molecule has 1 aromatic heterocycles. The maximum Gasteiger partial charge on any atom is 0.255 e. The Bertz CT molecular complexity index is 1400. The van der Waals surface area contributed by atoms with Gasteiger partial charge in [0.25, 0.3) is 5.91 Å². The monoisotopic (exact) mass is 565 g/mol. The normalized spacial score (nSPS) is 17.9. The minimum Gasteiger partial charge on any atom is -0.497 e. The van der Waals surface area contributed by atoms with Crippen molar-refractivity contribution in [2.24, 2.45) is 0 Å². The van der Waals surface area contributed by atoms with Gasteiger partial charge in [0, 0.05) is 30.4 Å². The van der Waals surface area contributed by atoms with Crippen molar-refractivity contribution in [3.63, 3.8) is 0 Å². The lowest BCUT2D eigenvalue weighted by molar-refractivity contribution is -0.123. The Hall–Kier alpha value is -3.73. The van der Waals surface area contributed by atoms with E-state index in [1.165, 1.54) is 4.90 Å². The quantitative estimate of drug-likeness (QED) is 0.358. The number of hydrogen-bond acceptors (Lipinski definition) is 8. The Morgan fingerprint density at radius 2 is 2.05 bits per heavy atom. The van der Waals surface area contributed by atoms with Gasteiger partial charge in [0.15, 0.2) is 0 Å². The lowest BCUT2D eigenvalue weighted by Crippen LogP contribution is -2.41. The molecule has 2 atom stereocenters. The molecule has 0 saturated carbocycles. The lowest BCUT2D eigenvalue weighted by Gasteiger charge is -2.23. The van der Waals surface area contributed by atoms with Gasteiger partial charge in [-0.05, 0) is 49.1 Å².